The molecule has 1 fully saturated rings. The summed E-state index contributed by atoms with van der Waals surface area (Å²) in [5.74, 6) is 1.43. The number of ether oxygens (including phenoxy) is 1. The van der Waals surface area contributed by atoms with Crippen LogP contribution in [0.2, 0.25) is 0 Å². The van der Waals surface area contributed by atoms with Crippen molar-refractivity contribution in [2.24, 2.45) is 5.73 Å². The Bertz CT molecular complexity index is 2080. The fourth-order valence-electron chi connectivity index (χ4n) is 6.68. The van der Waals surface area contributed by atoms with Crippen LogP contribution in [0, 0.1) is 6.92 Å². The molecule has 0 saturated carbocycles. The molecule has 1 saturated heterocycles. The molecule has 5 N–H and O–H groups in total. The number of aromatic nitrogens is 3. The van der Waals surface area contributed by atoms with Crippen LogP contribution in [0.1, 0.15) is 23.2 Å². The van der Waals surface area contributed by atoms with Crippen LogP contribution in [-0.2, 0) is 13.1 Å². The summed E-state index contributed by atoms with van der Waals surface area (Å²) in [4.78, 5) is 12.7. The molecular weight excluding hydrogens is 669 g/mol. The van der Waals surface area contributed by atoms with Crippen LogP contribution >= 0.6 is 11.3 Å². The molecule has 266 valence electrons. The number of aromatic hydroxyl groups is 1. The SMILES string of the molecule is Cc1ncsc1-c1ccc(CN)c(N(CCCOc2ccc(CN3CCN(c4cc(-c5ccccc5O)nnc4N)CC3)cc2)c2ccccc2)c1. The average molecular weight is 713 g/mol. The zero-order valence-electron chi connectivity index (χ0n) is 29.4. The van der Waals surface area contributed by atoms with Crippen LogP contribution in [0.15, 0.2) is 109 Å². The molecule has 0 aliphatic carbocycles. The van der Waals surface area contributed by atoms with Crippen molar-refractivity contribution >= 4 is 34.2 Å². The first-order valence-corrected chi connectivity index (χ1v) is 18.5. The van der Waals surface area contributed by atoms with E-state index in [1.807, 2.05) is 29.8 Å². The number of anilines is 4. The zero-order chi connectivity index (χ0) is 35.9. The standard InChI is InChI=1S/C41H44N8O2S/c1-29-40(52-28-44-29)31-14-15-32(26-42)37(24-31)49(33-8-3-2-4-9-33)18-7-23-51-34-16-12-30(13-17-34)27-47-19-21-48(22-20-47)38-25-36(45-46-41(38)43)35-10-5-6-11-39(35)50/h2-6,8-17,24-25,28,50H,7,18-23,26-27,42H2,1H3,(H2,43,46). The number of nitrogens with zero attached hydrogens (tertiary/aromatic N) is 6. The number of phenolic OH excluding ortho intramolecular Hbond substituents is 1. The number of para-hydroxylation sites is 2. The summed E-state index contributed by atoms with van der Waals surface area (Å²) in [5.41, 5.74) is 23.3. The summed E-state index contributed by atoms with van der Waals surface area (Å²) >= 11 is 1.66. The minimum atomic E-state index is 0.171. The number of thiazole rings is 1. The van der Waals surface area contributed by atoms with Gasteiger partial charge in [-0.25, -0.2) is 4.98 Å². The van der Waals surface area contributed by atoms with Crippen molar-refractivity contribution in [1.29, 1.82) is 0 Å². The largest absolute Gasteiger partial charge is 0.507 e. The monoisotopic (exact) mass is 712 g/mol. The lowest BCUT2D eigenvalue weighted by Crippen LogP contribution is -2.46. The molecule has 0 unspecified atom stereocenters. The first kappa shape index (κ1) is 34.9. The Kier molecular flexibility index (Phi) is 10.9. The predicted octanol–water partition coefficient (Wildman–Crippen LogP) is 7.25. The van der Waals surface area contributed by atoms with Crippen molar-refractivity contribution in [2.75, 3.05) is 54.9 Å². The highest BCUT2D eigenvalue weighted by molar-refractivity contribution is 7.13. The summed E-state index contributed by atoms with van der Waals surface area (Å²) in [7, 11) is 0. The first-order chi connectivity index (χ1) is 25.5. The van der Waals surface area contributed by atoms with Gasteiger partial charge < -0.3 is 31.1 Å². The highest BCUT2D eigenvalue weighted by Crippen LogP contribution is 2.36. The van der Waals surface area contributed by atoms with E-state index in [0.29, 0.717) is 30.2 Å². The maximum absolute atomic E-state index is 10.3. The first-order valence-electron chi connectivity index (χ1n) is 17.6. The maximum Gasteiger partial charge on any atom is 0.169 e. The van der Waals surface area contributed by atoms with Gasteiger partial charge in [0, 0.05) is 62.8 Å². The van der Waals surface area contributed by atoms with Crippen LogP contribution in [0.25, 0.3) is 21.7 Å². The van der Waals surface area contributed by atoms with Gasteiger partial charge in [0.05, 0.1) is 34.1 Å². The third kappa shape index (κ3) is 8.02. The molecule has 2 aromatic heterocycles. The van der Waals surface area contributed by atoms with E-state index in [1.165, 1.54) is 10.4 Å². The topological polar surface area (TPSA) is 130 Å². The van der Waals surface area contributed by atoms with Gasteiger partial charge in [-0.3, -0.25) is 4.90 Å². The van der Waals surface area contributed by atoms with Crippen molar-refractivity contribution in [1.82, 2.24) is 20.1 Å². The van der Waals surface area contributed by atoms with E-state index in [4.69, 9.17) is 16.2 Å². The summed E-state index contributed by atoms with van der Waals surface area (Å²) in [5, 5.41) is 18.7. The molecule has 0 radical (unpaired) electrons. The van der Waals surface area contributed by atoms with E-state index >= 15 is 0 Å². The number of piperazine rings is 1. The van der Waals surface area contributed by atoms with Gasteiger partial charge in [-0.1, -0.05) is 54.6 Å². The molecule has 1 aliphatic rings. The number of nitrogens with two attached hydrogens (primary N) is 2. The number of hydrogen-bond donors (Lipinski definition) is 3. The molecule has 0 spiro atoms. The molecule has 0 amide bonds. The fraction of sp³-hybridized carbons (Fsp3) is 0.244. The van der Waals surface area contributed by atoms with E-state index in [1.54, 1.807) is 23.5 Å². The second kappa shape index (κ2) is 16.2. The Morgan fingerprint density at radius 2 is 1.65 bits per heavy atom. The van der Waals surface area contributed by atoms with E-state index < -0.39 is 0 Å². The lowest BCUT2D eigenvalue weighted by atomic mass is 10.0. The van der Waals surface area contributed by atoms with Crippen molar-refractivity contribution < 1.29 is 9.84 Å². The maximum atomic E-state index is 10.3. The number of rotatable bonds is 13. The molecule has 0 bridgehead atoms. The van der Waals surface area contributed by atoms with Crippen LogP contribution in [0.3, 0.4) is 0 Å². The van der Waals surface area contributed by atoms with Crippen LogP contribution in [-0.4, -0.2) is 64.5 Å². The van der Waals surface area contributed by atoms with Gasteiger partial charge in [0.15, 0.2) is 5.82 Å². The van der Waals surface area contributed by atoms with Gasteiger partial charge in [-0.15, -0.1) is 21.5 Å². The summed E-state index contributed by atoms with van der Waals surface area (Å²) in [6.45, 7) is 8.16. The van der Waals surface area contributed by atoms with Crippen LogP contribution in [0.5, 0.6) is 11.5 Å². The summed E-state index contributed by atoms with van der Waals surface area (Å²) in [6.07, 6.45) is 0.834. The second-order valence-corrected chi connectivity index (χ2v) is 13.8. The van der Waals surface area contributed by atoms with E-state index in [2.05, 4.69) is 104 Å². The summed E-state index contributed by atoms with van der Waals surface area (Å²) < 4.78 is 6.23. The predicted molar refractivity (Wildman–Crippen MR) is 211 cm³/mol. The minimum absolute atomic E-state index is 0.171. The lowest BCUT2D eigenvalue weighted by Gasteiger charge is -2.36. The van der Waals surface area contributed by atoms with E-state index in [9.17, 15) is 5.11 Å². The highest BCUT2D eigenvalue weighted by atomic mass is 32.1. The number of benzene rings is 4. The quantitative estimate of drug-likeness (QED) is 0.105. The molecule has 0 atom stereocenters. The Labute approximate surface area is 308 Å². The van der Waals surface area contributed by atoms with Crippen molar-refractivity contribution in [3.8, 4) is 33.2 Å². The molecule has 1 aliphatic heterocycles. The minimum Gasteiger partial charge on any atom is -0.507 e. The third-order valence-corrected chi connectivity index (χ3v) is 10.5. The Balaban J connectivity index is 0.932. The molecular formula is C41H44N8O2S. The van der Waals surface area contributed by atoms with Gasteiger partial charge in [-0.05, 0) is 78.6 Å². The Morgan fingerprint density at radius 3 is 2.38 bits per heavy atom. The molecule has 10 nitrogen and oxygen atoms in total. The second-order valence-electron chi connectivity index (χ2n) is 12.9. The van der Waals surface area contributed by atoms with Crippen LogP contribution in [0.4, 0.5) is 22.9 Å². The molecule has 11 heteroatoms. The van der Waals surface area contributed by atoms with Gasteiger partial charge in [0.25, 0.3) is 0 Å². The van der Waals surface area contributed by atoms with E-state index in [-0.39, 0.29) is 5.75 Å². The summed E-state index contributed by atoms with van der Waals surface area (Å²) in [6, 6.07) is 34.5. The number of hydrogen-bond acceptors (Lipinski definition) is 11. The van der Waals surface area contributed by atoms with Gasteiger partial charge in [0.1, 0.15) is 11.5 Å². The molecule has 52 heavy (non-hydrogen) atoms. The number of nitrogen functional groups attached to an aromatic ring is 1. The number of aryl methyl sites for hydroxylation is 1. The van der Waals surface area contributed by atoms with Crippen molar-refractivity contribution in [3.63, 3.8) is 0 Å². The molecule has 6 aromatic rings. The zero-order valence-corrected chi connectivity index (χ0v) is 30.2. The highest BCUT2D eigenvalue weighted by Gasteiger charge is 2.21. The lowest BCUT2D eigenvalue weighted by molar-refractivity contribution is 0.249. The molecule has 4 aromatic carbocycles. The van der Waals surface area contributed by atoms with Crippen molar-refractivity contribution in [2.45, 2.75) is 26.4 Å². The number of phenols is 1. The van der Waals surface area contributed by atoms with Gasteiger partial charge in [0.2, 0.25) is 0 Å². The normalized spacial score (nSPS) is 13.3. The Morgan fingerprint density at radius 1 is 0.885 bits per heavy atom. The van der Waals surface area contributed by atoms with Gasteiger partial charge in [-0.2, -0.15) is 0 Å². The smallest absolute Gasteiger partial charge is 0.169 e. The third-order valence-electron chi connectivity index (χ3n) is 9.49. The Hall–Kier alpha value is -5.49. The molecule has 3 heterocycles. The van der Waals surface area contributed by atoms with Gasteiger partial charge >= 0.3 is 0 Å². The average Bonchev–Trinajstić information content (AvgIpc) is 3.62. The van der Waals surface area contributed by atoms with E-state index in [0.717, 1.165) is 85.3 Å². The van der Waals surface area contributed by atoms with Crippen LogP contribution < -0.4 is 26.0 Å². The fourth-order valence-corrected chi connectivity index (χ4v) is 7.48. The van der Waals surface area contributed by atoms with Crippen molar-refractivity contribution in [3.05, 3.63) is 125 Å². The molecule has 7 rings (SSSR count).